The van der Waals surface area contributed by atoms with Gasteiger partial charge in [0.1, 0.15) is 11.6 Å². The number of carbonyl (C=O) groups is 1. The average Bonchev–Trinajstić information content (AvgIpc) is 2.31. The number of ketones is 1. The molecule has 100 valence electrons. The normalized spacial score (nSPS) is 11.7. The minimum absolute atomic E-state index is 0.0822. The third-order valence-electron chi connectivity index (χ3n) is 2.82. The highest BCUT2D eigenvalue weighted by molar-refractivity contribution is 6.30. The standard InChI is InChI=1S/C13H15ClF2O2/c1-13(2,18-3)5-4-12(17)8-6-11(16)9(14)7-10(8)15/h6-7H,4-5H2,1-3H3. The van der Waals surface area contributed by atoms with Crippen LogP contribution >= 0.6 is 11.6 Å². The van der Waals surface area contributed by atoms with Crippen LogP contribution < -0.4 is 0 Å². The van der Waals surface area contributed by atoms with E-state index in [1.165, 1.54) is 7.11 Å². The van der Waals surface area contributed by atoms with Crippen molar-refractivity contribution in [2.24, 2.45) is 0 Å². The van der Waals surface area contributed by atoms with Gasteiger partial charge in [0, 0.05) is 13.5 Å². The fourth-order valence-corrected chi connectivity index (χ4v) is 1.54. The maximum Gasteiger partial charge on any atom is 0.166 e. The average molecular weight is 277 g/mol. The Bertz CT molecular complexity index is 459. The van der Waals surface area contributed by atoms with E-state index in [9.17, 15) is 13.6 Å². The molecule has 0 N–H and O–H groups in total. The Morgan fingerprint density at radius 2 is 1.94 bits per heavy atom. The van der Waals surface area contributed by atoms with Crippen LogP contribution in [0.25, 0.3) is 0 Å². The number of Topliss-reactive ketones (excluding diaryl/α,β-unsaturated/α-hetero) is 1. The fourth-order valence-electron chi connectivity index (χ4n) is 1.39. The topological polar surface area (TPSA) is 26.3 Å². The van der Waals surface area contributed by atoms with Crippen LogP contribution in [0.1, 0.15) is 37.0 Å². The number of rotatable bonds is 5. The first-order chi connectivity index (χ1) is 8.26. The summed E-state index contributed by atoms with van der Waals surface area (Å²) in [6.07, 6.45) is 0.505. The minimum Gasteiger partial charge on any atom is -0.379 e. The molecule has 0 atom stereocenters. The van der Waals surface area contributed by atoms with E-state index in [-0.39, 0.29) is 17.0 Å². The molecule has 18 heavy (non-hydrogen) atoms. The van der Waals surface area contributed by atoms with Crippen LogP contribution in [0.15, 0.2) is 12.1 Å². The number of methoxy groups -OCH3 is 1. The second-order valence-electron chi connectivity index (χ2n) is 4.63. The van der Waals surface area contributed by atoms with Crippen molar-refractivity contribution in [1.29, 1.82) is 0 Å². The smallest absolute Gasteiger partial charge is 0.166 e. The van der Waals surface area contributed by atoms with Crippen LogP contribution in [-0.4, -0.2) is 18.5 Å². The summed E-state index contributed by atoms with van der Waals surface area (Å²) in [5.74, 6) is -2.07. The van der Waals surface area contributed by atoms with E-state index in [2.05, 4.69) is 0 Å². The number of hydrogen-bond donors (Lipinski definition) is 0. The van der Waals surface area contributed by atoms with Gasteiger partial charge < -0.3 is 4.74 Å². The zero-order valence-electron chi connectivity index (χ0n) is 10.5. The minimum atomic E-state index is -0.804. The Balaban J connectivity index is 2.82. The van der Waals surface area contributed by atoms with Gasteiger partial charge in [-0.15, -0.1) is 0 Å². The molecule has 0 saturated carbocycles. The molecule has 0 spiro atoms. The molecule has 0 bridgehead atoms. The van der Waals surface area contributed by atoms with Crippen molar-refractivity contribution >= 4 is 17.4 Å². The molecule has 0 aliphatic heterocycles. The predicted molar refractivity (Wildman–Crippen MR) is 66.0 cm³/mol. The molecule has 0 amide bonds. The van der Waals surface area contributed by atoms with E-state index < -0.39 is 23.0 Å². The zero-order valence-corrected chi connectivity index (χ0v) is 11.3. The van der Waals surface area contributed by atoms with Gasteiger partial charge in [-0.2, -0.15) is 0 Å². The summed E-state index contributed by atoms with van der Waals surface area (Å²) < 4.78 is 31.8. The molecule has 0 saturated heterocycles. The van der Waals surface area contributed by atoms with Crippen LogP contribution in [0.2, 0.25) is 5.02 Å². The van der Waals surface area contributed by atoms with Crippen LogP contribution in [0.5, 0.6) is 0 Å². The molecular formula is C13H15ClF2O2. The van der Waals surface area contributed by atoms with Crippen LogP contribution in [-0.2, 0) is 4.74 Å². The van der Waals surface area contributed by atoms with Gasteiger partial charge in [0.2, 0.25) is 0 Å². The molecule has 2 nitrogen and oxygen atoms in total. The highest BCUT2D eigenvalue weighted by Crippen LogP contribution is 2.22. The van der Waals surface area contributed by atoms with E-state index in [0.29, 0.717) is 6.42 Å². The lowest BCUT2D eigenvalue weighted by Gasteiger charge is -2.22. The molecule has 0 heterocycles. The summed E-state index contributed by atoms with van der Waals surface area (Å²) in [6, 6.07) is 1.64. The van der Waals surface area contributed by atoms with Gasteiger partial charge in [0.15, 0.2) is 5.78 Å². The Kier molecular flexibility index (Phi) is 4.82. The SMILES string of the molecule is COC(C)(C)CCC(=O)c1cc(F)c(Cl)cc1F. The largest absolute Gasteiger partial charge is 0.379 e. The molecular weight excluding hydrogens is 262 g/mol. The molecule has 1 aromatic carbocycles. The maximum atomic E-state index is 13.5. The summed E-state index contributed by atoms with van der Waals surface area (Å²) in [5.41, 5.74) is -0.749. The van der Waals surface area contributed by atoms with Gasteiger partial charge in [-0.3, -0.25) is 4.79 Å². The Labute approximate surface area is 110 Å². The van der Waals surface area contributed by atoms with Gasteiger partial charge in [0.25, 0.3) is 0 Å². The Hall–Kier alpha value is -1.00. The number of halogens is 3. The molecule has 0 unspecified atom stereocenters. The second kappa shape index (κ2) is 5.76. The monoisotopic (exact) mass is 276 g/mol. The van der Waals surface area contributed by atoms with Crippen molar-refractivity contribution in [3.8, 4) is 0 Å². The number of hydrogen-bond acceptors (Lipinski definition) is 2. The molecule has 0 aliphatic carbocycles. The predicted octanol–water partition coefficient (Wildman–Crippen LogP) is 4.01. The highest BCUT2D eigenvalue weighted by atomic mass is 35.5. The highest BCUT2D eigenvalue weighted by Gasteiger charge is 2.21. The molecule has 0 fully saturated rings. The molecule has 0 aromatic heterocycles. The van der Waals surface area contributed by atoms with E-state index in [1.807, 2.05) is 13.8 Å². The summed E-state index contributed by atoms with van der Waals surface area (Å²) in [4.78, 5) is 11.8. The number of ether oxygens (including phenoxy) is 1. The van der Waals surface area contributed by atoms with Gasteiger partial charge in [-0.1, -0.05) is 11.6 Å². The number of carbonyl (C=O) groups excluding carboxylic acids is 1. The van der Waals surface area contributed by atoms with Crippen LogP contribution in [0.4, 0.5) is 8.78 Å². The fraction of sp³-hybridized carbons (Fsp3) is 0.462. The quantitative estimate of drug-likeness (QED) is 0.600. The van der Waals surface area contributed by atoms with E-state index in [1.54, 1.807) is 0 Å². The summed E-state index contributed by atoms with van der Waals surface area (Å²) in [7, 11) is 1.53. The van der Waals surface area contributed by atoms with Gasteiger partial charge in [0.05, 0.1) is 16.2 Å². The van der Waals surface area contributed by atoms with Crippen molar-refractivity contribution in [2.45, 2.75) is 32.3 Å². The third kappa shape index (κ3) is 3.75. The third-order valence-corrected chi connectivity index (χ3v) is 3.11. The first-order valence-electron chi connectivity index (χ1n) is 5.50. The van der Waals surface area contributed by atoms with Crippen molar-refractivity contribution in [3.05, 3.63) is 34.4 Å². The maximum absolute atomic E-state index is 13.5. The van der Waals surface area contributed by atoms with E-state index in [4.69, 9.17) is 16.3 Å². The molecule has 0 radical (unpaired) electrons. The molecule has 5 heteroatoms. The van der Waals surface area contributed by atoms with E-state index >= 15 is 0 Å². The van der Waals surface area contributed by atoms with Crippen molar-refractivity contribution in [2.75, 3.05) is 7.11 Å². The van der Waals surface area contributed by atoms with Gasteiger partial charge in [-0.05, 0) is 32.4 Å². The zero-order chi connectivity index (χ0) is 13.9. The lowest BCUT2D eigenvalue weighted by atomic mass is 9.97. The van der Waals surface area contributed by atoms with Crippen molar-refractivity contribution < 1.29 is 18.3 Å². The van der Waals surface area contributed by atoms with Crippen molar-refractivity contribution in [1.82, 2.24) is 0 Å². The molecule has 0 aliphatic rings. The number of benzene rings is 1. The second-order valence-corrected chi connectivity index (χ2v) is 5.04. The Morgan fingerprint density at radius 1 is 1.33 bits per heavy atom. The first-order valence-corrected chi connectivity index (χ1v) is 5.87. The summed E-state index contributed by atoms with van der Waals surface area (Å²) in [5, 5.41) is -0.332. The summed E-state index contributed by atoms with van der Waals surface area (Å²) in [6.45, 7) is 3.64. The van der Waals surface area contributed by atoms with Crippen molar-refractivity contribution in [3.63, 3.8) is 0 Å². The van der Waals surface area contributed by atoms with Gasteiger partial charge in [-0.25, -0.2) is 8.78 Å². The lowest BCUT2D eigenvalue weighted by molar-refractivity contribution is 0.0141. The molecule has 1 aromatic rings. The van der Waals surface area contributed by atoms with E-state index in [0.717, 1.165) is 12.1 Å². The summed E-state index contributed by atoms with van der Waals surface area (Å²) >= 11 is 5.42. The van der Waals surface area contributed by atoms with Crippen LogP contribution in [0, 0.1) is 11.6 Å². The Morgan fingerprint density at radius 3 is 2.50 bits per heavy atom. The molecule has 1 rings (SSSR count). The van der Waals surface area contributed by atoms with Crippen LogP contribution in [0.3, 0.4) is 0 Å². The van der Waals surface area contributed by atoms with Gasteiger partial charge >= 0.3 is 0 Å². The first kappa shape index (κ1) is 15.1. The lowest BCUT2D eigenvalue weighted by Crippen LogP contribution is -2.23.